The van der Waals surface area contributed by atoms with Gasteiger partial charge in [-0.25, -0.2) is 0 Å². The second-order valence-electron chi connectivity index (χ2n) is 15.8. The molecule has 11 rings (SSSR count). The molecule has 0 radical (unpaired) electrons. The van der Waals surface area contributed by atoms with Crippen molar-refractivity contribution < 1.29 is 20.1 Å². The fourth-order valence-corrected chi connectivity index (χ4v) is 9.82. The van der Waals surface area contributed by atoms with Crippen LogP contribution in [0.3, 0.4) is 0 Å². The Morgan fingerprint density at radius 3 is 1.26 bits per heavy atom. The Balaban J connectivity index is 0.00000511. The van der Waals surface area contributed by atoms with Crippen molar-refractivity contribution in [1.29, 1.82) is 0 Å². The number of aromatic nitrogens is 3. The van der Waals surface area contributed by atoms with E-state index < -0.39 is 0 Å². The fraction of sp³-hybridized carbons (Fsp3) is 0. The minimum absolute atomic E-state index is 0. The number of hydrogen-bond donors (Lipinski definition) is 0. The molecule has 0 aliphatic carbocycles. The molecule has 7 heteroatoms. The van der Waals surface area contributed by atoms with Crippen LogP contribution in [-0.2, 0) is 20.1 Å². The van der Waals surface area contributed by atoms with Crippen molar-refractivity contribution in [3.05, 3.63) is 232 Å². The number of pyridine rings is 3. The molecule has 3 aromatic heterocycles. The van der Waals surface area contributed by atoms with Gasteiger partial charge < -0.3 is 15.0 Å². The Labute approximate surface area is 422 Å². The molecule has 0 saturated heterocycles. The Morgan fingerprint density at radius 2 is 0.803 bits per heavy atom. The number of fused-ring (bicyclic) bond motifs is 3. The van der Waals surface area contributed by atoms with E-state index in [0.29, 0.717) is 0 Å². The summed E-state index contributed by atoms with van der Waals surface area (Å²) in [5.74, 6) is 0. The van der Waals surface area contributed by atoms with E-state index in [1.54, 1.807) is 0 Å². The zero-order chi connectivity index (χ0) is 43.9. The minimum Gasteiger partial charge on any atom is -0.304 e. The van der Waals surface area contributed by atoms with Gasteiger partial charge in [0.1, 0.15) is 0 Å². The van der Waals surface area contributed by atoms with Gasteiger partial charge in [0, 0.05) is 18.6 Å². The van der Waals surface area contributed by atoms with Crippen LogP contribution in [0.2, 0.25) is 0 Å². The molecule has 0 amide bonds. The number of nitrogens with zero attached hydrogens (tertiary/aromatic N) is 3. The van der Waals surface area contributed by atoms with Crippen molar-refractivity contribution in [1.82, 2.24) is 15.0 Å². The summed E-state index contributed by atoms with van der Waals surface area (Å²) in [5, 5.41) is 3.15. The summed E-state index contributed by atoms with van der Waals surface area (Å²) in [5.41, 5.74) is 17.5. The van der Waals surface area contributed by atoms with Crippen LogP contribution in [0.4, 0.5) is 0 Å². The topological polar surface area (TPSA) is 38.7 Å². The molecule has 11 aromatic rings. The minimum atomic E-state index is 0. The van der Waals surface area contributed by atoms with Crippen molar-refractivity contribution >= 4 is 69.5 Å². The maximum atomic E-state index is 5.07. The number of benzene rings is 8. The van der Waals surface area contributed by atoms with Crippen molar-refractivity contribution in [2.24, 2.45) is 0 Å². The molecular formula is C59H33Br3IrN3. The average Bonchev–Trinajstić information content (AvgIpc) is 3.36. The predicted octanol–water partition coefficient (Wildman–Crippen LogP) is 17.2. The van der Waals surface area contributed by atoms with Crippen LogP contribution in [-0.4, -0.2) is 15.0 Å². The van der Waals surface area contributed by atoms with Crippen LogP contribution in [0.5, 0.6) is 0 Å². The first-order chi connectivity index (χ1) is 31.9. The smallest absolute Gasteiger partial charge is 0.304 e. The zero-order valence-corrected chi connectivity index (χ0v) is 42.0. The molecule has 3 heterocycles. The molecule has 66 heavy (non-hydrogen) atoms. The third kappa shape index (κ3) is 8.66. The summed E-state index contributed by atoms with van der Waals surface area (Å²) in [6.07, 6.45) is 5.93. The summed E-state index contributed by atoms with van der Waals surface area (Å²) in [7, 11) is 0. The van der Waals surface area contributed by atoms with Gasteiger partial charge in [0.2, 0.25) is 0 Å². The molecule has 0 atom stereocenters. The molecule has 8 aromatic carbocycles. The van der Waals surface area contributed by atoms with Gasteiger partial charge >= 0.3 is 20.1 Å². The molecule has 0 unspecified atom stereocenters. The summed E-state index contributed by atoms with van der Waals surface area (Å²) >= 11 is 10.9. The van der Waals surface area contributed by atoms with Crippen molar-refractivity contribution in [3.63, 3.8) is 0 Å². The Morgan fingerprint density at radius 1 is 0.364 bits per heavy atom. The third-order valence-electron chi connectivity index (χ3n) is 11.8. The molecule has 0 spiro atoms. The summed E-state index contributed by atoms with van der Waals surface area (Å²) in [6.45, 7) is 0. The van der Waals surface area contributed by atoms with E-state index in [0.717, 1.165) is 124 Å². The standard InChI is InChI=1S/C59H33Br3N3.Ir/c60-46-12-7-10-37(32-46)57-26-23-40(34-63-57)48-14-1-3-16-50(48)42-29-43(51-17-4-2-15-49(51)41-24-27-58(64-35-41)38-11-8-13-47(61)33-38)31-44(30-42)52-18-5-6-19-53(52)45-28-39-22-25-54-55(59(39)65-36-45)20-9-21-56(54)62;/h1-9,12-19,21-36H;/q-3;+3. The largest absolute Gasteiger partial charge is 3.00 e. The SMILES string of the molecule is Brc1cc[c-]c(-c2ccc(-c3ccccc3-c3cc(-c4ccccc4-c4ccc(-c5[c-]ccc(Br)c5)nc4)cc(-c4ccccc4-c4cnc5c(ccc6c(Br)cc[c-]c65)c4)c3)cn2)c1.[Ir+3]. The molecule has 0 fully saturated rings. The van der Waals surface area contributed by atoms with E-state index in [2.05, 4.69) is 199 Å². The first kappa shape index (κ1) is 43.7. The van der Waals surface area contributed by atoms with E-state index in [1.807, 2.05) is 67.1 Å². The van der Waals surface area contributed by atoms with Crippen LogP contribution < -0.4 is 0 Å². The summed E-state index contributed by atoms with van der Waals surface area (Å²) in [6, 6.07) is 73.7. The molecule has 3 nitrogen and oxygen atoms in total. The Bertz CT molecular complexity index is 3440. The van der Waals surface area contributed by atoms with Gasteiger partial charge in [-0.3, -0.25) is 0 Å². The van der Waals surface area contributed by atoms with Crippen molar-refractivity contribution in [2.45, 2.75) is 0 Å². The molecule has 0 saturated carbocycles. The number of rotatable bonds is 8. The molecule has 314 valence electrons. The molecule has 0 aliphatic rings. The van der Waals surface area contributed by atoms with Crippen LogP contribution in [0.25, 0.3) is 111 Å². The van der Waals surface area contributed by atoms with E-state index in [4.69, 9.17) is 15.0 Å². The summed E-state index contributed by atoms with van der Waals surface area (Å²) in [4.78, 5) is 14.9. The fourth-order valence-electron chi connectivity index (χ4n) is 8.63. The Hall–Kier alpha value is -6.18. The van der Waals surface area contributed by atoms with Gasteiger partial charge in [-0.05, 0) is 107 Å². The molecule has 0 N–H and O–H groups in total. The Kier molecular flexibility index (Phi) is 12.6. The number of hydrogen-bond acceptors (Lipinski definition) is 3. The van der Waals surface area contributed by atoms with Crippen LogP contribution in [0, 0.1) is 18.2 Å². The quantitative estimate of drug-likeness (QED) is 0.112. The predicted molar refractivity (Wildman–Crippen MR) is 278 cm³/mol. The average molecular weight is 1220 g/mol. The number of halogens is 3. The van der Waals surface area contributed by atoms with Crippen LogP contribution in [0.1, 0.15) is 0 Å². The van der Waals surface area contributed by atoms with Gasteiger partial charge in [0.15, 0.2) is 0 Å². The monoisotopic (exact) mass is 1210 g/mol. The van der Waals surface area contributed by atoms with Gasteiger partial charge in [0.25, 0.3) is 0 Å². The second kappa shape index (κ2) is 19.0. The van der Waals surface area contributed by atoms with E-state index >= 15 is 0 Å². The molecular weight excluding hydrogens is 1180 g/mol. The van der Waals surface area contributed by atoms with Crippen LogP contribution >= 0.6 is 47.8 Å². The van der Waals surface area contributed by atoms with E-state index in [1.165, 1.54) is 0 Å². The van der Waals surface area contributed by atoms with E-state index in [9.17, 15) is 0 Å². The second-order valence-corrected chi connectivity index (χ2v) is 18.4. The first-order valence-electron chi connectivity index (χ1n) is 21.0. The van der Waals surface area contributed by atoms with Gasteiger partial charge in [-0.2, -0.15) is 0 Å². The van der Waals surface area contributed by atoms with Gasteiger partial charge in [-0.1, -0.05) is 182 Å². The maximum absolute atomic E-state index is 5.07. The van der Waals surface area contributed by atoms with Gasteiger partial charge in [0.05, 0.1) is 0 Å². The van der Waals surface area contributed by atoms with Gasteiger partial charge in [-0.15, -0.1) is 83.2 Å². The summed E-state index contributed by atoms with van der Waals surface area (Å²) < 4.78 is 3.01. The normalized spacial score (nSPS) is 11.1. The zero-order valence-electron chi connectivity index (χ0n) is 34.9. The first-order valence-corrected chi connectivity index (χ1v) is 23.4. The van der Waals surface area contributed by atoms with Crippen molar-refractivity contribution in [2.75, 3.05) is 0 Å². The van der Waals surface area contributed by atoms with Crippen LogP contribution in [0.15, 0.2) is 214 Å². The molecule has 0 aliphatic heterocycles. The van der Waals surface area contributed by atoms with E-state index in [-0.39, 0.29) is 20.1 Å². The maximum Gasteiger partial charge on any atom is 3.00 e. The molecule has 0 bridgehead atoms. The third-order valence-corrected chi connectivity index (χ3v) is 13.4. The van der Waals surface area contributed by atoms with Crippen molar-refractivity contribution in [3.8, 4) is 89.3 Å².